The second-order valence-electron chi connectivity index (χ2n) is 3.97. The predicted octanol–water partition coefficient (Wildman–Crippen LogP) is 2.78. The third-order valence-corrected chi connectivity index (χ3v) is 4.14. The molecule has 0 saturated heterocycles. The molecule has 0 fully saturated rings. The van der Waals surface area contributed by atoms with E-state index in [1.165, 1.54) is 32.1 Å². The molecule has 1 N–H and O–H groups in total. The van der Waals surface area contributed by atoms with Crippen LogP contribution in [0.25, 0.3) is 0 Å². The fraction of sp³-hybridized carbons (Fsp3) is 0.667. The first-order valence-electron chi connectivity index (χ1n) is 5.71. The van der Waals surface area contributed by atoms with Crippen LogP contribution in [-0.4, -0.2) is 13.1 Å². The lowest BCUT2D eigenvalue weighted by atomic mass is 9.99. The van der Waals surface area contributed by atoms with Gasteiger partial charge in [-0.05, 0) is 56.8 Å². The Morgan fingerprint density at radius 1 is 1.36 bits per heavy atom. The Balaban J connectivity index is 1.94. The van der Waals surface area contributed by atoms with Gasteiger partial charge in [-0.3, -0.25) is 0 Å². The van der Waals surface area contributed by atoms with E-state index in [4.69, 9.17) is 0 Å². The van der Waals surface area contributed by atoms with Crippen LogP contribution in [-0.2, 0) is 19.3 Å². The Kier molecular flexibility index (Phi) is 3.60. The smallest absolute Gasteiger partial charge is 0.00801 e. The van der Waals surface area contributed by atoms with E-state index >= 15 is 0 Å². The summed E-state index contributed by atoms with van der Waals surface area (Å²) in [5.41, 5.74) is 1.65. The standard InChI is InChI=1S/C12H19NS/c1-2-13-8-7-11-9-10-5-3-4-6-12(10)14-11/h9,13H,2-8H2,1H3. The Hall–Kier alpha value is -0.340. The van der Waals surface area contributed by atoms with Crippen molar-refractivity contribution in [2.24, 2.45) is 0 Å². The van der Waals surface area contributed by atoms with E-state index < -0.39 is 0 Å². The van der Waals surface area contributed by atoms with Crippen LogP contribution in [0.3, 0.4) is 0 Å². The highest BCUT2D eigenvalue weighted by Crippen LogP contribution is 2.29. The van der Waals surface area contributed by atoms with E-state index in [0.717, 1.165) is 13.1 Å². The van der Waals surface area contributed by atoms with Gasteiger partial charge in [-0.2, -0.15) is 0 Å². The normalized spacial score (nSPS) is 15.5. The molecule has 1 aliphatic rings. The monoisotopic (exact) mass is 209 g/mol. The molecule has 1 nitrogen and oxygen atoms in total. The van der Waals surface area contributed by atoms with Crippen LogP contribution in [0.2, 0.25) is 0 Å². The topological polar surface area (TPSA) is 12.0 Å². The molecule has 0 radical (unpaired) electrons. The van der Waals surface area contributed by atoms with Crippen LogP contribution >= 0.6 is 11.3 Å². The molecular formula is C12H19NS. The summed E-state index contributed by atoms with van der Waals surface area (Å²) in [5, 5.41) is 3.38. The fourth-order valence-corrected chi connectivity index (χ4v) is 3.32. The zero-order chi connectivity index (χ0) is 9.80. The minimum Gasteiger partial charge on any atom is -0.317 e. The van der Waals surface area contributed by atoms with Crippen LogP contribution in [0.4, 0.5) is 0 Å². The number of aryl methyl sites for hydroxylation is 2. The summed E-state index contributed by atoms with van der Waals surface area (Å²) in [6.45, 7) is 4.39. The van der Waals surface area contributed by atoms with E-state index in [2.05, 4.69) is 18.3 Å². The van der Waals surface area contributed by atoms with Gasteiger partial charge in [0.1, 0.15) is 0 Å². The number of nitrogens with one attached hydrogen (secondary N) is 1. The highest BCUT2D eigenvalue weighted by Gasteiger charge is 2.12. The van der Waals surface area contributed by atoms with Gasteiger partial charge in [0.25, 0.3) is 0 Å². The van der Waals surface area contributed by atoms with Gasteiger partial charge in [0.2, 0.25) is 0 Å². The maximum absolute atomic E-state index is 3.38. The number of hydrogen-bond acceptors (Lipinski definition) is 2. The van der Waals surface area contributed by atoms with Crippen molar-refractivity contribution in [1.82, 2.24) is 5.32 Å². The summed E-state index contributed by atoms with van der Waals surface area (Å²) in [6.07, 6.45) is 6.68. The summed E-state index contributed by atoms with van der Waals surface area (Å²) in [5.74, 6) is 0. The van der Waals surface area contributed by atoms with Crippen molar-refractivity contribution in [2.45, 2.75) is 39.0 Å². The van der Waals surface area contributed by atoms with E-state index in [-0.39, 0.29) is 0 Å². The van der Waals surface area contributed by atoms with Crippen molar-refractivity contribution < 1.29 is 0 Å². The van der Waals surface area contributed by atoms with E-state index in [0.29, 0.717) is 0 Å². The molecule has 0 aliphatic heterocycles. The molecule has 0 amide bonds. The van der Waals surface area contributed by atoms with Crippen LogP contribution in [0.5, 0.6) is 0 Å². The first-order valence-corrected chi connectivity index (χ1v) is 6.53. The molecule has 78 valence electrons. The van der Waals surface area contributed by atoms with Crippen molar-refractivity contribution in [3.8, 4) is 0 Å². The first-order chi connectivity index (χ1) is 6.90. The van der Waals surface area contributed by atoms with E-state index in [1.807, 2.05) is 11.3 Å². The van der Waals surface area contributed by atoms with Crippen LogP contribution in [0.15, 0.2) is 6.07 Å². The minimum absolute atomic E-state index is 1.09. The minimum atomic E-state index is 1.09. The Labute approximate surface area is 90.5 Å². The molecule has 2 heteroatoms. The summed E-state index contributed by atoms with van der Waals surface area (Å²) in [7, 11) is 0. The molecular weight excluding hydrogens is 190 g/mol. The fourth-order valence-electron chi connectivity index (χ4n) is 2.06. The predicted molar refractivity (Wildman–Crippen MR) is 63.2 cm³/mol. The van der Waals surface area contributed by atoms with Gasteiger partial charge in [-0.1, -0.05) is 6.92 Å². The summed E-state index contributed by atoms with van der Waals surface area (Å²) in [6, 6.07) is 2.44. The van der Waals surface area contributed by atoms with Crippen molar-refractivity contribution in [2.75, 3.05) is 13.1 Å². The molecule has 0 aromatic carbocycles. The molecule has 0 atom stereocenters. The quantitative estimate of drug-likeness (QED) is 0.752. The molecule has 1 aromatic rings. The lowest BCUT2D eigenvalue weighted by Gasteiger charge is -2.08. The molecule has 0 bridgehead atoms. The van der Waals surface area contributed by atoms with Crippen molar-refractivity contribution in [3.63, 3.8) is 0 Å². The van der Waals surface area contributed by atoms with Gasteiger partial charge < -0.3 is 5.32 Å². The van der Waals surface area contributed by atoms with Gasteiger partial charge in [-0.15, -0.1) is 11.3 Å². The lowest BCUT2D eigenvalue weighted by molar-refractivity contribution is 0.696. The second kappa shape index (κ2) is 4.94. The summed E-state index contributed by atoms with van der Waals surface area (Å²) in [4.78, 5) is 3.25. The van der Waals surface area contributed by atoms with Gasteiger partial charge in [-0.25, -0.2) is 0 Å². The van der Waals surface area contributed by atoms with Gasteiger partial charge in [0.15, 0.2) is 0 Å². The Bertz CT molecular complexity index is 267. The van der Waals surface area contributed by atoms with E-state index in [1.54, 1.807) is 15.3 Å². The van der Waals surface area contributed by atoms with Gasteiger partial charge in [0, 0.05) is 9.75 Å². The van der Waals surface area contributed by atoms with Crippen LogP contribution in [0, 0.1) is 0 Å². The van der Waals surface area contributed by atoms with Crippen molar-refractivity contribution >= 4 is 11.3 Å². The average molecular weight is 209 g/mol. The molecule has 1 aromatic heterocycles. The number of likely N-dealkylation sites (N-methyl/N-ethyl adjacent to an activating group) is 1. The van der Waals surface area contributed by atoms with Crippen molar-refractivity contribution in [1.29, 1.82) is 0 Å². The average Bonchev–Trinajstić information content (AvgIpc) is 2.60. The largest absolute Gasteiger partial charge is 0.317 e. The number of rotatable bonds is 4. The zero-order valence-electron chi connectivity index (χ0n) is 8.94. The maximum atomic E-state index is 3.38. The third kappa shape index (κ3) is 2.37. The van der Waals surface area contributed by atoms with Gasteiger partial charge in [0.05, 0.1) is 0 Å². The molecule has 0 spiro atoms. The Morgan fingerprint density at radius 2 is 2.21 bits per heavy atom. The van der Waals surface area contributed by atoms with Crippen LogP contribution in [0.1, 0.15) is 35.1 Å². The number of fused-ring (bicyclic) bond motifs is 1. The molecule has 2 rings (SSSR count). The zero-order valence-corrected chi connectivity index (χ0v) is 9.75. The summed E-state index contributed by atoms with van der Waals surface area (Å²) < 4.78 is 0. The van der Waals surface area contributed by atoms with E-state index in [9.17, 15) is 0 Å². The van der Waals surface area contributed by atoms with Crippen LogP contribution < -0.4 is 5.32 Å². The molecule has 0 saturated carbocycles. The molecule has 14 heavy (non-hydrogen) atoms. The SMILES string of the molecule is CCNCCc1cc2c(s1)CCCC2. The third-order valence-electron chi connectivity index (χ3n) is 2.85. The lowest BCUT2D eigenvalue weighted by Crippen LogP contribution is -2.15. The summed E-state index contributed by atoms with van der Waals surface area (Å²) >= 11 is 2.05. The molecule has 1 aliphatic carbocycles. The number of hydrogen-bond donors (Lipinski definition) is 1. The Morgan fingerprint density at radius 3 is 3.00 bits per heavy atom. The highest BCUT2D eigenvalue weighted by atomic mass is 32.1. The molecule has 1 heterocycles. The van der Waals surface area contributed by atoms with Gasteiger partial charge >= 0.3 is 0 Å². The molecule has 0 unspecified atom stereocenters. The number of thiophene rings is 1. The maximum Gasteiger partial charge on any atom is 0.00801 e. The first kappa shape index (κ1) is 10.2. The highest BCUT2D eigenvalue weighted by molar-refractivity contribution is 7.12. The second-order valence-corrected chi connectivity index (χ2v) is 5.19. The van der Waals surface area contributed by atoms with Crippen molar-refractivity contribution in [3.05, 3.63) is 21.4 Å².